The maximum Gasteiger partial charge on any atom is 0.265 e. The molecule has 0 aliphatic carbocycles. The van der Waals surface area contributed by atoms with Crippen LogP contribution in [0.1, 0.15) is 13.8 Å². The highest BCUT2D eigenvalue weighted by molar-refractivity contribution is 6.36. The molecule has 6 nitrogen and oxygen atoms in total. The molecule has 0 saturated heterocycles. The minimum Gasteiger partial charge on any atom is -0.479 e. The number of benzene rings is 4. The summed E-state index contributed by atoms with van der Waals surface area (Å²) in [5, 5.41) is 8.77. The molecule has 0 aliphatic heterocycles. The summed E-state index contributed by atoms with van der Waals surface area (Å²) in [6.45, 7) is 3.23. The third kappa shape index (κ3) is 6.63. The van der Waals surface area contributed by atoms with Gasteiger partial charge in [-0.25, -0.2) is 0 Å². The fourth-order valence-corrected chi connectivity index (χ4v) is 4.53. The van der Waals surface area contributed by atoms with Gasteiger partial charge in [0.25, 0.3) is 11.8 Å². The van der Waals surface area contributed by atoms with Crippen LogP contribution < -0.4 is 20.1 Å². The molecule has 0 heterocycles. The van der Waals surface area contributed by atoms with Gasteiger partial charge in [0.05, 0.1) is 10.0 Å². The second kappa shape index (κ2) is 12.1. The molecule has 38 heavy (non-hydrogen) atoms. The van der Waals surface area contributed by atoms with Crippen LogP contribution in [0.4, 0.5) is 11.4 Å². The lowest BCUT2D eigenvalue weighted by Gasteiger charge is -2.18. The monoisotopic (exact) mass is 590 g/mol. The van der Waals surface area contributed by atoms with Crippen molar-refractivity contribution in [1.82, 2.24) is 0 Å². The molecule has 0 fully saturated rings. The average molecular weight is 592 g/mol. The van der Waals surface area contributed by atoms with Gasteiger partial charge in [0.15, 0.2) is 12.2 Å². The van der Waals surface area contributed by atoms with Gasteiger partial charge in [0.1, 0.15) is 11.5 Å². The Morgan fingerprint density at radius 3 is 1.39 bits per heavy atom. The number of carbonyl (C=O) groups excluding carboxylic acids is 2. The van der Waals surface area contributed by atoms with Crippen molar-refractivity contribution in [2.24, 2.45) is 0 Å². The second-order valence-corrected chi connectivity index (χ2v) is 10.0. The molecular weight excluding hydrogens is 570 g/mol. The fraction of sp³-hybridized carbons (Fsp3) is 0.143. The first kappa shape index (κ1) is 27.9. The number of amides is 2. The van der Waals surface area contributed by atoms with Crippen LogP contribution in [0.5, 0.6) is 11.5 Å². The van der Waals surface area contributed by atoms with Gasteiger partial charge in [-0.2, -0.15) is 0 Å². The Labute approximate surface area is 239 Å². The van der Waals surface area contributed by atoms with E-state index in [-0.39, 0.29) is 11.8 Å². The first-order valence-corrected chi connectivity index (χ1v) is 13.0. The Bertz CT molecular complexity index is 1400. The molecule has 196 valence electrons. The highest BCUT2D eigenvalue weighted by Gasteiger charge is 2.20. The number of rotatable bonds is 8. The number of nitrogens with one attached hydrogen (secondary N) is 2. The van der Waals surface area contributed by atoms with E-state index in [1.807, 2.05) is 12.1 Å². The number of halogens is 4. The number of hydrogen-bond donors (Lipinski definition) is 2. The summed E-state index contributed by atoms with van der Waals surface area (Å²) in [6, 6.07) is 20.3. The quantitative estimate of drug-likeness (QED) is 0.216. The number of anilines is 2. The van der Waals surface area contributed by atoms with Gasteiger partial charge in [0, 0.05) is 32.2 Å². The largest absolute Gasteiger partial charge is 0.479 e. The summed E-state index contributed by atoms with van der Waals surface area (Å²) in [5.41, 5.74) is 1.11. The van der Waals surface area contributed by atoms with Crippen LogP contribution in [-0.4, -0.2) is 24.0 Å². The third-order valence-electron chi connectivity index (χ3n) is 5.57. The number of hydrogen-bond acceptors (Lipinski definition) is 4. The average Bonchev–Trinajstić information content (AvgIpc) is 2.87. The van der Waals surface area contributed by atoms with Crippen molar-refractivity contribution < 1.29 is 19.1 Å². The molecule has 2 N–H and O–H groups in total. The fourth-order valence-electron chi connectivity index (χ4n) is 3.63. The molecule has 2 unspecified atom stereocenters. The van der Waals surface area contributed by atoms with Gasteiger partial charge < -0.3 is 20.1 Å². The molecule has 4 aromatic rings. The summed E-state index contributed by atoms with van der Waals surface area (Å²) < 4.78 is 11.4. The van der Waals surface area contributed by atoms with Crippen LogP contribution in [0.15, 0.2) is 72.8 Å². The Hall–Kier alpha value is -3.16. The van der Waals surface area contributed by atoms with Crippen LogP contribution in [0, 0.1) is 0 Å². The zero-order chi connectivity index (χ0) is 27.4. The second-order valence-electron chi connectivity index (χ2n) is 8.35. The maximum absolute atomic E-state index is 12.9. The number of carbonyl (C=O) groups is 2. The van der Waals surface area contributed by atoms with Crippen molar-refractivity contribution in [2.75, 3.05) is 10.6 Å². The summed E-state index contributed by atoms with van der Waals surface area (Å²) in [4.78, 5) is 25.8. The van der Waals surface area contributed by atoms with Crippen LogP contribution in [-0.2, 0) is 9.59 Å². The van der Waals surface area contributed by atoms with E-state index >= 15 is 0 Å². The Kier molecular flexibility index (Phi) is 8.90. The lowest BCUT2D eigenvalue weighted by molar-refractivity contribution is -0.122. The molecule has 0 radical (unpaired) electrons. The van der Waals surface area contributed by atoms with E-state index in [2.05, 4.69) is 10.6 Å². The Balaban J connectivity index is 1.48. The van der Waals surface area contributed by atoms with E-state index in [1.54, 1.807) is 74.5 Å². The Morgan fingerprint density at radius 1 is 0.632 bits per heavy atom. The zero-order valence-corrected chi connectivity index (χ0v) is 23.3. The molecule has 10 heteroatoms. The lowest BCUT2D eigenvalue weighted by atomic mass is 10.1. The number of fused-ring (bicyclic) bond motifs is 1. The van der Waals surface area contributed by atoms with Crippen molar-refractivity contribution in [3.8, 4) is 11.5 Å². The molecule has 0 spiro atoms. The van der Waals surface area contributed by atoms with E-state index in [4.69, 9.17) is 55.9 Å². The van der Waals surface area contributed by atoms with Gasteiger partial charge >= 0.3 is 0 Å². The van der Waals surface area contributed by atoms with Gasteiger partial charge in [-0.05, 0) is 62.4 Å². The lowest BCUT2D eigenvalue weighted by Crippen LogP contribution is -2.30. The van der Waals surface area contributed by atoms with Gasteiger partial charge in [-0.1, -0.05) is 70.7 Å². The van der Waals surface area contributed by atoms with Crippen LogP contribution in [0.2, 0.25) is 20.1 Å². The molecule has 0 aromatic heterocycles. The van der Waals surface area contributed by atoms with Crippen molar-refractivity contribution in [2.45, 2.75) is 26.1 Å². The summed E-state index contributed by atoms with van der Waals surface area (Å²) in [5.74, 6) is -0.0598. The summed E-state index contributed by atoms with van der Waals surface area (Å²) in [7, 11) is 0. The molecule has 0 saturated carbocycles. The predicted molar refractivity (Wildman–Crippen MR) is 154 cm³/mol. The highest BCUT2D eigenvalue weighted by Crippen LogP contribution is 2.32. The Morgan fingerprint density at radius 2 is 1.03 bits per heavy atom. The summed E-state index contributed by atoms with van der Waals surface area (Å²) >= 11 is 24.2. The molecule has 4 rings (SSSR count). The predicted octanol–water partition coefficient (Wildman–Crippen LogP) is 8.27. The van der Waals surface area contributed by atoms with E-state index in [0.29, 0.717) is 43.0 Å². The molecule has 0 aliphatic rings. The third-order valence-corrected chi connectivity index (χ3v) is 6.63. The minimum absolute atomic E-state index is 0.305. The SMILES string of the molecule is CC(Oc1ccc(Cl)cc1Cl)C(=O)Nc1cccc2c(NC(=O)C(C)Oc3ccc(Cl)cc3Cl)cccc12. The van der Waals surface area contributed by atoms with Crippen molar-refractivity contribution in [3.05, 3.63) is 92.9 Å². The van der Waals surface area contributed by atoms with Gasteiger partial charge in [-0.3, -0.25) is 9.59 Å². The topological polar surface area (TPSA) is 76.7 Å². The summed E-state index contributed by atoms with van der Waals surface area (Å²) in [6.07, 6.45) is -1.69. The number of ether oxygens (including phenoxy) is 2. The molecule has 2 atom stereocenters. The first-order chi connectivity index (χ1) is 18.1. The smallest absolute Gasteiger partial charge is 0.265 e. The van der Waals surface area contributed by atoms with Crippen LogP contribution in [0.25, 0.3) is 10.8 Å². The molecule has 0 bridgehead atoms. The molecular formula is C28H22Cl4N2O4. The van der Waals surface area contributed by atoms with E-state index in [9.17, 15) is 9.59 Å². The van der Waals surface area contributed by atoms with E-state index in [1.165, 1.54) is 0 Å². The minimum atomic E-state index is -0.843. The van der Waals surface area contributed by atoms with E-state index < -0.39 is 12.2 Å². The highest BCUT2D eigenvalue weighted by atomic mass is 35.5. The zero-order valence-electron chi connectivity index (χ0n) is 20.2. The van der Waals surface area contributed by atoms with Crippen LogP contribution in [0.3, 0.4) is 0 Å². The molecule has 4 aromatic carbocycles. The van der Waals surface area contributed by atoms with Crippen molar-refractivity contribution in [1.29, 1.82) is 0 Å². The standard InChI is InChI=1S/C28H22Cl4N2O4/c1-15(37-25-11-9-17(29)13-21(25)31)27(35)33-23-7-3-6-20-19(23)5-4-8-24(20)34-28(36)16(2)38-26-12-10-18(30)14-22(26)32/h3-16H,1-2H3,(H,33,35)(H,34,36). The van der Waals surface area contributed by atoms with Gasteiger partial charge in [0.2, 0.25) is 0 Å². The first-order valence-electron chi connectivity index (χ1n) is 11.5. The van der Waals surface area contributed by atoms with Crippen molar-refractivity contribution in [3.63, 3.8) is 0 Å². The van der Waals surface area contributed by atoms with Gasteiger partial charge in [-0.15, -0.1) is 0 Å². The van der Waals surface area contributed by atoms with Crippen LogP contribution >= 0.6 is 46.4 Å². The van der Waals surface area contributed by atoms with E-state index in [0.717, 1.165) is 10.8 Å². The normalized spacial score (nSPS) is 12.5. The van der Waals surface area contributed by atoms with Crippen molar-refractivity contribution >= 4 is 80.4 Å². The molecule has 2 amide bonds. The maximum atomic E-state index is 12.9.